The van der Waals surface area contributed by atoms with Crippen LogP contribution in [0.5, 0.6) is 0 Å². The summed E-state index contributed by atoms with van der Waals surface area (Å²) in [7, 11) is 3.98. The summed E-state index contributed by atoms with van der Waals surface area (Å²) in [6.07, 6.45) is 6.30. The molecule has 0 aromatic heterocycles. The third kappa shape index (κ3) is 5.22. The van der Waals surface area contributed by atoms with Gasteiger partial charge in [0, 0.05) is 31.8 Å². The van der Waals surface area contributed by atoms with Crippen LogP contribution in [-0.4, -0.2) is 42.4 Å². The van der Waals surface area contributed by atoms with Crippen LogP contribution in [0.25, 0.3) is 0 Å². The van der Waals surface area contributed by atoms with Crippen LogP contribution in [0.15, 0.2) is 52.7 Å². The number of fused-ring (bicyclic) bond motifs is 1. The maximum absolute atomic E-state index is 12.7. The largest absolute Gasteiger partial charge is 0.378 e. The molecule has 31 heavy (non-hydrogen) atoms. The molecular formula is C24H26N4O2S. The average molecular weight is 435 g/mol. The average Bonchev–Trinajstić information content (AvgIpc) is 3.12. The number of hydrogen-bond acceptors (Lipinski definition) is 6. The van der Waals surface area contributed by atoms with Crippen molar-refractivity contribution in [2.24, 2.45) is 10.2 Å². The quantitative estimate of drug-likeness (QED) is 0.426. The van der Waals surface area contributed by atoms with Gasteiger partial charge >= 0.3 is 0 Å². The predicted octanol–water partition coefficient (Wildman–Crippen LogP) is 3.83. The molecule has 1 aliphatic carbocycles. The van der Waals surface area contributed by atoms with Crippen LogP contribution in [0.3, 0.4) is 0 Å². The monoisotopic (exact) mass is 434 g/mol. The van der Waals surface area contributed by atoms with Crippen molar-refractivity contribution in [3.8, 4) is 0 Å². The van der Waals surface area contributed by atoms with Crippen molar-refractivity contribution in [2.45, 2.75) is 37.4 Å². The molecule has 1 aliphatic heterocycles. The second-order valence-electron chi connectivity index (χ2n) is 8.05. The topological polar surface area (TPSA) is 74.1 Å². The second kappa shape index (κ2) is 9.47. The van der Waals surface area contributed by atoms with Gasteiger partial charge in [-0.15, -0.1) is 5.10 Å². The molecular weight excluding hydrogens is 408 g/mol. The Bertz CT molecular complexity index is 1040. The van der Waals surface area contributed by atoms with Gasteiger partial charge in [-0.1, -0.05) is 36.0 Å². The summed E-state index contributed by atoms with van der Waals surface area (Å²) in [5.41, 5.74) is 5.34. The molecule has 0 radical (unpaired) electrons. The van der Waals surface area contributed by atoms with Gasteiger partial charge < -0.3 is 10.2 Å². The standard InChI is InChI=1S/C24H26N4O2S/c1-28(2)20-11-7-16(8-12-20)15-25-27-24-26-23(30)22(31-24)14-21(29)19-10-9-17-5-3-4-6-18(17)13-19/h7-13,15,22H,3-6,14H2,1-2H3,(H,26,27,30)/b25-15+. The summed E-state index contributed by atoms with van der Waals surface area (Å²) in [5.74, 6) is -0.202. The number of amidine groups is 1. The Labute approximate surface area is 186 Å². The van der Waals surface area contributed by atoms with Crippen LogP contribution in [0.1, 0.15) is 46.3 Å². The van der Waals surface area contributed by atoms with Crippen LogP contribution in [0.2, 0.25) is 0 Å². The van der Waals surface area contributed by atoms with E-state index in [1.165, 1.54) is 35.7 Å². The van der Waals surface area contributed by atoms with Gasteiger partial charge in [0.1, 0.15) is 0 Å². The molecule has 2 aliphatic rings. The third-order valence-corrected chi connectivity index (χ3v) is 6.65. The molecule has 1 saturated heterocycles. The van der Waals surface area contributed by atoms with Crippen LogP contribution < -0.4 is 10.2 Å². The van der Waals surface area contributed by atoms with Crippen molar-refractivity contribution < 1.29 is 9.59 Å². The summed E-state index contributed by atoms with van der Waals surface area (Å²) in [6.45, 7) is 0. The van der Waals surface area contributed by atoms with E-state index in [2.05, 4.69) is 21.6 Å². The molecule has 1 atom stereocenters. The number of nitrogens with zero attached hydrogens (tertiary/aromatic N) is 3. The molecule has 1 amide bonds. The SMILES string of the molecule is CN(C)c1ccc(/C=N/N=C2/NC(=O)C(CC(=O)c3ccc4c(c3)CCCC4)S2)cc1. The van der Waals surface area contributed by atoms with E-state index in [9.17, 15) is 9.59 Å². The summed E-state index contributed by atoms with van der Waals surface area (Å²) in [6, 6.07) is 13.9. The Kier molecular flexibility index (Phi) is 6.51. The highest BCUT2D eigenvalue weighted by Gasteiger charge is 2.32. The zero-order valence-electron chi connectivity index (χ0n) is 17.8. The number of carbonyl (C=O) groups excluding carboxylic acids is 2. The Morgan fingerprint density at radius 3 is 2.61 bits per heavy atom. The van der Waals surface area contributed by atoms with E-state index < -0.39 is 5.25 Å². The molecule has 1 N–H and O–H groups in total. The number of benzene rings is 2. The number of nitrogens with one attached hydrogen (secondary N) is 1. The fourth-order valence-corrected chi connectivity index (χ4v) is 4.71. The molecule has 4 rings (SSSR count). The maximum Gasteiger partial charge on any atom is 0.240 e. The summed E-state index contributed by atoms with van der Waals surface area (Å²) < 4.78 is 0. The van der Waals surface area contributed by atoms with Crippen molar-refractivity contribution >= 4 is 40.5 Å². The van der Waals surface area contributed by atoms with Crippen LogP contribution in [-0.2, 0) is 17.6 Å². The zero-order valence-corrected chi connectivity index (χ0v) is 18.6. The van der Waals surface area contributed by atoms with E-state index in [1.54, 1.807) is 6.21 Å². The van der Waals surface area contributed by atoms with E-state index in [0.29, 0.717) is 10.7 Å². The number of carbonyl (C=O) groups is 2. The number of aryl methyl sites for hydroxylation is 2. The van der Waals surface area contributed by atoms with Gasteiger partial charge in [0.05, 0.1) is 11.5 Å². The molecule has 2 aromatic rings. The van der Waals surface area contributed by atoms with Crippen molar-refractivity contribution in [1.82, 2.24) is 5.32 Å². The van der Waals surface area contributed by atoms with Crippen LogP contribution in [0, 0.1) is 0 Å². The minimum atomic E-state index is -0.475. The first-order chi connectivity index (χ1) is 15.0. The van der Waals surface area contributed by atoms with Gasteiger partial charge in [-0.25, -0.2) is 0 Å². The first-order valence-electron chi connectivity index (χ1n) is 10.5. The number of ketones is 1. The molecule has 0 spiro atoms. The van der Waals surface area contributed by atoms with E-state index >= 15 is 0 Å². The molecule has 160 valence electrons. The maximum atomic E-state index is 12.7. The first kappa shape index (κ1) is 21.3. The predicted molar refractivity (Wildman–Crippen MR) is 127 cm³/mol. The van der Waals surface area contributed by atoms with Crippen molar-refractivity contribution in [3.63, 3.8) is 0 Å². The second-order valence-corrected chi connectivity index (χ2v) is 9.24. The minimum absolute atomic E-state index is 0.00763. The molecule has 1 unspecified atom stereocenters. The summed E-state index contributed by atoms with van der Waals surface area (Å²) in [4.78, 5) is 27.1. The van der Waals surface area contributed by atoms with Crippen molar-refractivity contribution in [1.29, 1.82) is 0 Å². The molecule has 0 saturated carbocycles. The highest BCUT2D eigenvalue weighted by molar-refractivity contribution is 8.15. The number of anilines is 1. The number of thioether (sulfide) groups is 1. The van der Waals surface area contributed by atoms with Gasteiger partial charge in [0.25, 0.3) is 0 Å². The van der Waals surface area contributed by atoms with Gasteiger partial charge in [0.15, 0.2) is 11.0 Å². The Morgan fingerprint density at radius 2 is 1.87 bits per heavy atom. The molecule has 7 heteroatoms. The van der Waals surface area contributed by atoms with Crippen LogP contribution >= 0.6 is 11.8 Å². The lowest BCUT2D eigenvalue weighted by atomic mass is 9.89. The van der Waals surface area contributed by atoms with E-state index in [-0.39, 0.29) is 18.1 Å². The fraction of sp³-hybridized carbons (Fsp3) is 0.333. The molecule has 1 heterocycles. The van der Waals surface area contributed by atoms with E-state index in [4.69, 9.17) is 0 Å². The Hall–Kier alpha value is -2.93. The minimum Gasteiger partial charge on any atom is -0.378 e. The van der Waals surface area contributed by atoms with Gasteiger partial charge in [-0.3, -0.25) is 9.59 Å². The third-order valence-electron chi connectivity index (χ3n) is 5.58. The van der Waals surface area contributed by atoms with Crippen LogP contribution in [0.4, 0.5) is 5.69 Å². The zero-order chi connectivity index (χ0) is 21.8. The van der Waals surface area contributed by atoms with Crippen molar-refractivity contribution in [2.75, 3.05) is 19.0 Å². The van der Waals surface area contributed by atoms with Gasteiger partial charge in [0.2, 0.25) is 5.91 Å². The lowest BCUT2D eigenvalue weighted by Crippen LogP contribution is -2.26. The lowest BCUT2D eigenvalue weighted by Gasteiger charge is -2.16. The number of hydrogen-bond donors (Lipinski definition) is 1. The summed E-state index contributed by atoms with van der Waals surface area (Å²) >= 11 is 1.26. The lowest BCUT2D eigenvalue weighted by molar-refractivity contribution is -0.118. The number of Topliss-reactive ketones (excluding diaryl/α,β-unsaturated/α-hetero) is 1. The smallest absolute Gasteiger partial charge is 0.240 e. The molecule has 2 aromatic carbocycles. The van der Waals surface area contributed by atoms with Crippen molar-refractivity contribution in [3.05, 3.63) is 64.7 Å². The highest BCUT2D eigenvalue weighted by Crippen LogP contribution is 2.26. The Morgan fingerprint density at radius 1 is 1.13 bits per heavy atom. The van der Waals surface area contributed by atoms with Gasteiger partial charge in [-0.05, 0) is 60.6 Å². The fourth-order valence-electron chi connectivity index (χ4n) is 3.79. The normalized spacial score (nSPS) is 19.5. The highest BCUT2D eigenvalue weighted by atomic mass is 32.2. The summed E-state index contributed by atoms with van der Waals surface area (Å²) in [5, 5.41) is 10.9. The molecule has 6 nitrogen and oxygen atoms in total. The first-order valence-corrected chi connectivity index (χ1v) is 11.4. The molecule has 1 fully saturated rings. The Balaban J connectivity index is 1.36. The van der Waals surface area contributed by atoms with Gasteiger partial charge in [-0.2, -0.15) is 5.10 Å². The number of amides is 1. The number of rotatable bonds is 6. The van der Waals surface area contributed by atoms with E-state index in [0.717, 1.165) is 24.1 Å². The molecule has 0 bridgehead atoms. The van der Waals surface area contributed by atoms with E-state index in [1.807, 2.05) is 55.4 Å².